The van der Waals surface area contributed by atoms with Crippen molar-refractivity contribution in [1.29, 1.82) is 0 Å². The number of rotatable bonds is 25. The molecule has 5 rings (SSSR count). The first-order valence-corrected chi connectivity index (χ1v) is 21.6. The minimum absolute atomic E-state index is 0.00726. The Bertz CT molecular complexity index is 2270. The summed E-state index contributed by atoms with van der Waals surface area (Å²) in [6.07, 6.45) is 6.74. The van der Waals surface area contributed by atoms with Crippen LogP contribution in [0.1, 0.15) is 61.4 Å². The minimum atomic E-state index is -1.08. The maximum atomic E-state index is 14.3. The van der Waals surface area contributed by atoms with Gasteiger partial charge in [0.1, 0.15) is 0 Å². The van der Waals surface area contributed by atoms with E-state index in [1.807, 2.05) is 66.7 Å². The van der Waals surface area contributed by atoms with Gasteiger partial charge in [-0.1, -0.05) is 83.0 Å². The molecule has 0 aliphatic rings. The van der Waals surface area contributed by atoms with Crippen molar-refractivity contribution in [3.05, 3.63) is 124 Å². The first-order valence-electron chi connectivity index (χ1n) is 20.8. The second-order valence-corrected chi connectivity index (χ2v) is 16.7. The molecular weight excluding hydrogens is 854 g/mol. The quantitative estimate of drug-likeness (QED) is 0.0409. The number of hydrogen-bond donors (Lipinski definition) is 7. The Labute approximate surface area is 369 Å². The Kier molecular flexibility index (Phi) is 17.7. The molecule has 0 aliphatic carbocycles. The van der Waals surface area contributed by atoms with Crippen LogP contribution < -0.4 is 27.8 Å². The molecule has 0 bridgehead atoms. The van der Waals surface area contributed by atoms with Gasteiger partial charge in [-0.05, 0) is 74.0 Å². The number of ketones is 3. The van der Waals surface area contributed by atoms with E-state index in [9.17, 15) is 28.8 Å². The normalized spacial score (nSPS) is 13.7. The molecular formula is C46H56BrN9O6. The van der Waals surface area contributed by atoms with Crippen LogP contribution in [0.4, 0.5) is 4.79 Å². The summed E-state index contributed by atoms with van der Waals surface area (Å²) in [6.45, 7) is 1.53. The number of aromatic nitrogens is 3. The van der Waals surface area contributed by atoms with Crippen molar-refractivity contribution in [3.63, 3.8) is 0 Å². The number of urea groups is 1. The zero-order valence-electron chi connectivity index (χ0n) is 34.9. The molecule has 4 amide bonds. The lowest BCUT2D eigenvalue weighted by molar-refractivity contribution is -0.132. The zero-order valence-corrected chi connectivity index (χ0v) is 36.4. The highest BCUT2D eigenvalue weighted by atomic mass is 79.9. The molecule has 0 saturated heterocycles. The number of nitrogens with one attached hydrogen (secondary N) is 4. The van der Waals surface area contributed by atoms with Gasteiger partial charge < -0.3 is 42.7 Å². The molecule has 0 spiro atoms. The van der Waals surface area contributed by atoms with Crippen LogP contribution in [-0.2, 0) is 49.8 Å². The van der Waals surface area contributed by atoms with Crippen LogP contribution in [0.5, 0.6) is 0 Å². The van der Waals surface area contributed by atoms with Gasteiger partial charge in [0.2, 0.25) is 11.8 Å². The summed E-state index contributed by atoms with van der Waals surface area (Å²) < 4.78 is 0.816. The number of imidazole rings is 1. The topological polar surface area (TPSA) is 252 Å². The van der Waals surface area contributed by atoms with Crippen molar-refractivity contribution < 1.29 is 28.8 Å². The van der Waals surface area contributed by atoms with Gasteiger partial charge in [0.05, 0.1) is 31.0 Å². The lowest BCUT2D eigenvalue weighted by atomic mass is 9.90. The number of unbranched alkanes of at least 4 members (excludes halogenated alkanes) is 1. The minimum Gasteiger partial charge on any atom is -0.369 e. The molecule has 0 radical (unpaired) electrons. The summed E-state index contributed by atoms with van der Waals surface area (Å²) in [7, 11) is 0. The molecule has 2 aromatic heterocycles. The van der Waals surface area contributed by atoms with E-state index in [0.29, 0.717) is 37.1 Å². The second-order valence-electron chi connectivity index (χ2n) is 15.7. The SMILES string of the molecule is C[C@H](NC(=O)[C@H](CC(=O)[C@@H](N)Cc1cnc[nH]1)Cc1c[nH]c2ccccc12)C(=O)CN(Cc1ccc(Br)cc1)C(=O)N[C@H](Cc1ccccc1)C(=O)C[C@@H](CCCCN)C(N)=O. The molecule has 16 heteroatoms. The average molecular weight is 911 g/mol. The molecule has 15 nitrogen and oxygen atoms in total. The molecule has 5 atom stereocenters. The van der Waals surface area contributed by atoms with Crippen LogP contribution in [0.2, 0.25) is 0 Å². The van der Waals surface area contributed by atoms with Gasteiger partial charge in [-0.3, -0.25) is 24.0 Å². The number of carbonyl (C=O) groups excluding carboxylic acids is 6. The predicted molar refractivity (Wildman–Crippen MR) is 240 cm³/mol. The van der Waals surface area contributed by atoms with Crippen LogP contribution in [0.15, 0.2) is 102 Å². The van der Waals surface area contributed by atoms with Gasteiger partial charge in [0.25, 0.3) is 0 Å². The molecule has 10 N–H and O–H groups in total. The van der Waals surface area contributed by atoms with E-state index in [2.05, 4.69) is 41.5 Å². The number of para-hydroxylation sites is 1. The van der Waals surface area contributed by atoms with E-state index in [1.165, 1.54) is 18.2 Å². The van der Waals surface area contributed by atoms with Crippen molar-refractivity contribution in [1.82, 2.24) is 30.5 Å². The Hall–Kier alpha value is -5.97. The highest BCUT2D eigenvalue weighted by Gasteiger charge is 2.32. The Morgan fingerprint density at radius 2 is 1.50 bits per heavy atom. The number of aromatic amines is 2. The Morgan fingerprint density at radius 1 is 0.790 bits per heavy atom. The van der Waals surface area contributed by atoms with E-state index < -0.39 is 60.1 Å². The summed E-state index contributed by atoms with van der Waals surface area (Å²) >= 11 is 3.43. The molecule has 0 fully saturated rings. The first-order chi connectivity index (χ1) is 29.8. The molecule has 0 saturated carbocycles. The lowest BCUT2D eigenvalue weighted by Crippen LogP contribution is -2.52. The number of nitrogens with two attached hydrogens (primary N) is 3. The van der Waals surface area contributed by atoms with E-state index in [-0.39, 0.29) is 50.2 Å². The fraction of sp³-hybridized carbons (Fsp3) is 0.370. The third-order valence-corrected chi connectivity index (χ3v) is 11.5. The summed E-state index contributed by atoms with van der Waals surface area (Å²) in [6, 6.07) is 20.3. The highest BCUT2D eigenvalue weighted by Crippen LogP contribution is 2.24. The fourth-order valence-corrected chi connectivity index (χ4v) is 7.58. The standard InChI is InChI=1S/C46H56BrN9O6/c1-29(54-45(61)33(20-34-24-52-39-13-6-5-12-37(34)39)22-41(57)38(49)23-36-25-51-28-53-36)43(59)27-56(26-31-14-16-35(47)17-15-31)46(62)55-40(19-30-9-3-2-4-10-30)42(58)21-32(44(50)60)11-7-8-18-48/h2-6,9-10,12-17,24-25,28-29,32-33,38,40,52H,7-8,11,18-23,26-27,48-49H2,1H3,(H2,50,60)(H,51,53)(H,54,61)(H,55,62)/t29-,32+,33-,38-,40+/m0/s1. The fourth-order valence-electron chi connectivity index (χ4n) is 7.31. The van der Waals surface area contributed by atoms with Gasteiger partial charge in [-0.15, -0.1) is 0 Å². The van der Waals surface area contributed by atoms with E-state index in [0.717, 1.165) is 26.5 Å². The maximum absolute atomic E-state index is 14.3. The zero-order chi connectivity index (χ0) is 44.6. The van der Waals surface area contributed by atoms with Gasteiger partial charge >= 0.3 is 6.03 Å². The largest absolute Gasteiger partial charge is 0.369 e. The first kappa shape index (κ1) is 47.1. The monoisotopic (exact) mass is 909 g/mol. The third kappa shape index (κ3) is 14.0. The van der Waals surface area contributed by atoms with Crippen LogP contribution in [0, 0.1) is 11.8 Å². The summed E-state index contributed by atoms with van der Waals surface area (Å²) in [4.78, 5) is 93.6. The summed E-state index contributed by atoms with van der Waals surface area (Å²) in [5, 5.41) is 6.57. The number of fused-ring (bicyclic) bond motifs is 1. The lowest BCUT2D eigenvalue weighted by Gasteiger charge is -2.28. The third-order valence-electron chi connectivity index (χ3n) is 11.0. The van der Waals surface area contributed by atoms with Crippen LogP contribution in [0.25, 0.3) is 10.9 Å². The second kappa shape index (κ2) is 23.3. The number of nitrogens with zero attached hydrogens (tertiary/aromatic N) is 2. The number of halogens is 1. The molecule has 0 unspecified atom stereocenters. The summed E-state index contributed by atoms with van der Waals surface area (Å²) in [5.41, 5.74) is 21.5. The molecule has 0 aliphatic heterocycles. The molecule has 5 aromatic rings. The van der Waals surface area contributed by atoms with Gasteiger partial charge in [0.15, 0.2) is 17.3 Å². The molecule has 2 heterocycles. The van der Waals surface area contributed by atoms with Gasteiger partial charge in [-0.2, -0.15) is 0 Å². The van der Waals surface area contributed by atoms with E-state index >= 15 is 0 Å². The van der Waals surface area contributed by atoms with Crippen LogP contribution in [-0.4, -0.2) is 86.3 Å². The number of hydrogen-bond acceptors (Lipinski definition) is 9. The van der Waals surface area contributed by atoms with Crippen molar-refractivity contribution >= 4 is 62.0 Å². The number of Topliss-reactive ketones (excluding diaryl/α,β-unsaturated/α-hetero) is 3. The number of carbonyl (C=O) groups is 6. The van der Waals surface area contributed by atoms with Crippen LogP contribution >= 0.6 is 15.9 Å². The predicted octanol–water partition coefficient (Wildman–Crippen LogP) is 4.43. The van der Waals surface area contributed by atoms with Gasteiger partial charge in [0, 0.05) is 71.1 Å². The number of H-pyrrole nitrogens is 2. The number of amides is 4. The molecule has 3 aromatic carbocycles. The summed E-state index contributed by atoms with van der Waals surface area (Å²) in [5.74, 6) is -3.94. The Morgan fingerprint density at radius 3 is 2.19 bits per heavy atom. The van der Waals surface area contributed by atoms with Gasteiger partial charge in [-0.25, -0.2) is 9.78 Å². The van der Waals surface area contributed by atoms with Crippen molar-refractivity contribution in [2.24, 2.45) is 29.0 Å². The van der Waals surface area contributed by atoms with E-state index in [4.69, 9.17) is 17.2 Å². The molecule has 62 heavy (non-hydrogen) atoms. The maximum Gasteiger partial charge on any atom is 0.318 e. The Balaban J connectivity index is 1.34. The average Bonchev–Trinajstić information content (AvgIpc) is 3.93. The van der Waals surface area contributed by atoms with Crippen molar-refractivity contribution in [3.8, 4) is 0 Å². The number of benzene rings is 3. The van der Waals surface area contributed by atoms with E-state index in [1.54, 1.807) is 24.5 Å². The smallest absolute Gasteiger partial charge is 0.318 e. The number of primary amides is 1. The van der Waals surface area contributed by atoms with Crippen molar-refractivity contribution in [2.45, 2.75) is 83.0 Å². The molecule has 328 valence electrons. The van der Waals surface area contributed by atoms with Crippen LogP contribution in [0.3, 0.4) is 0 Å². The highest BCUT2D eigenvalue weighted by molar-refractivity contribution is 9.10. The van der Waals surface area contributed by atoms with Crippen molar-refractivity contribution in [2.75, 3.05) is 13.1 Å².